The first-order valence-corrected chi connectivity index (χ1v) is 13.5. The quantitative estimate of drug-likeness (QED) is 0.303. The topological polar surface area (TPSA) is 104 Å². The Morgan fingerprint density at radius 2 is 2.03 bits per heavy atom. The van der Waals surface area contributed by atoms with Crippen LogP contribution in [0.25, 0.3) is 0 Å². The van der Waals surface area contributed by atoms with Crippen molar-refractivity contribution in [2.45, 2.75) is 39.0 Å². The van der Waals surface area contributed by atoms with Gasteiger partial charge in [0.15, 0.2) is 5.16 Å². The van der Waals surface area contributed by atoms with Crippen molar-refractivity contribution in [3.8, 4) is 5.75 Å². The molecule has 1 fully saturated rings. The Kier molecular flexibility index (Phi) is 9.24. The third-order valence-corrected chi connectivity index (χ3v) is 7.17. The van der Waals surface area contributed by atoms with Gasteiger partial charge in [0.2, 0.25) is 5.91 Å². The number of hydrogen-bond acceptors (Lipinski definition) is 7. The molecule has 0 spiro atoms. The average molecular weight is 527 g/mol. The number of aryl methyl sites for hydroxylation is 2. The molecule has 2 amide bonds. The Hall–Kier alpha value is -3.31. The van der Waals surface area contributed by atoms with Gasteiger partial charge in [-0.25, -0.2) is 4.98 Å². The summed E-state index contributed by atoms with van der Waals surface area (Å²) in [6.07, 6.45) is 3.68. The van der Waals surface area contributed by atoms with Crippen LogP contribution in [0.4, 0.5) is 0 Å². The Balaban J connectivity index is 1.29. The molecule has 37 heavy (non-hydrogen) atoms. The molecule has 0 radical (unpaired) electrons. The van der Waals surface area contributed by atoms with Crippen LogP contribution < -0.4 is 10.1 Å². The van der Waals surface area contributed by atoms with E-state index in [-0.39, 0.29) is 11.8 Å². The number of carbonyl (C=O) groups excluding carboxylic acids is 2. The van der Waals surface area contributed by atoms with Crippen LogP contribution in [0.3, 0.4) is 0 Å². The molecule has 0 bridgehead atoms. The maximum absolute atomic E-state index is 12.5. The molecule has 3 aromatic rings. The molecule has 1 aliphatic rings. The molecule has 0 atom stereocenters. The van der Waals surface area contributed by atoms with Gasteiger partial charge >= 0.3 is 0 Å². The molecule has 1 N–H and O–H groups in total. The number of rotatable bonds is 11. The minimum atomic E-state index is -0.159. The molecule has 10 nitrogen and oxygen atoms in total. The van der Waals surface area contributed by atoms with E-state index >= 15 is 0 Å². The Bertz CT molecular complexity index is 1220. The van der Waals surface area contributed by atoms with E-state index in [1.165, 1.54) is 11.8 Å². The zero-order valence-corrected chi connectivity index (χ0v) is 22.4. The van der Waals surface area contributed by atoms with Crippen LogP contribution in [0.15, 0.2) is 41.8 Å². The number of nitrogens with zero attached hydrogens (tertiary/aromatic N) is 5. The molecular weight excluding hydrogens is 492 g/mol. The lowest BCUT2D eigenvalue weighted by atomic mass is 10.1. The van der Waals surface area contributed by atoms with Crippen molar-refractivity contribution in [3.63, 3.8) is 0 Å². The van der Waals surface area contributed by atoms with E-state index in [0.29, 0.717) is 64.0 Å². The highest BCUT2D eigenvalue weighted by molar-refractivity contribution is 7.99. The first kappa shape index (κ1) is 26.7. The van der Waals surface area contributed by atoms with Crippen LogP contribution in [0.1, 0.15) is 34.2 Å². The Morgan fingerprint density at radius 3 is 2.81 bits per heavy atom. The third kappa shape index (κ3) is 6.92. The SMILES string of the molecule is CCn1nc(C)cc1C(=O)NCCOc1cccc(Cn2ccnc2SCC(=O)N2CCOCC2)c1C. The number of amides is 2. The second-order valence-electron chi connectivity index (χ2n) is 8.75. The van der Waals surface area contributed by atoms with Gasteiger partial charge in [-0.3, -0.25) is 14.3 Å². The van der Waals surface area contributed by atoms with Gasteiger partial charge in [0, 0.05) is 38.6 Å². The lowest BCUT2D eigenvalue weighted by Crippen LogP contribution is -2.41. The van der Waals surface area contributed by atoms with Crippen LogP contribution in [0.5, 0.6) is 5.75 Å². The van der Waals surface area contributed by atoms with Gasteiger partial charge in [-0.1, -0.05) is 23.9 Å². The van der Waals surface area contributed by atoms with Crippen molar-refractivity contribution < 1.29 is 19.1 Å². The van der Waals surface area contributed by atoms with Crippen molar-refractivity contribution in [1.29, 1.82) is 0 Å². The summed E-state index contributed by atoms with van der Waals surface area (Å²) in [5.74, 6) is 1.08. The summed E-state index contributed by atoms with van der Waals surface area (Å²) >= 11 is 1.45. The maximum Gasteiger partial charge on any atom is 0.269 e. The van der Waals surface area contributed by atoms with Crippen molar-refractivity contribution in [1.82, 2.24) is 29.5 Å². The third-order valence-electron chi connectivity index (χ3n) is 6.18. The molecule has 0 unspecified atom stereocenters. The summed E-state index contributed by atoms with van der Waals surface area (Å²) < 4.78 is 15.1. The van der Waals surface area contributed by atoms with Crippen LogP contribution >= 0.6 is 11.8 Å². The molecule has 2 aromatic heterocycles. The minimum absolute atomic E-state index is 0.107. The van der Waals surface area contributed by atoms with Crippen molar-refractivity contribution in [3.05, 3.63) is 59.2 Å². The molecule has 4 rings (SSSR count). The minimum Gasteiger partial charge on any atom is -0.491 e. The maximum atomic E-state index is 12.5. The van der Waals surface area contributed by atoms with Crippen molar-refractivity contribution in [2.24, 2.45) is 0 Å². The number of thioether (sulfide) groups is 1. The average Bonchev–Trinajstić information content (AvgIpc) is 3.53. The van der Waals surface area contributed by atoms with Crippen molar-refractivity contribution >= 4 is 23.6 Å². The first-order valence-electron chi connectivity index (χ1n) is 12.5. The molecule has 0 aliphatic carbocycles. The highest BCUT2D eigenvalue weighted by Crippen LogP contribution is 2.24. The number of imidazole rings is 1. The number of morpholine rings is 1. The van der Waals surface area contributed by atoms with E-state index in [1.54, 1.807) is 16.9 Å². The number of carbonyl (C=O) groups is 2. The van der Waals surface area contributed by atoms with E-state index < -0.39 is 0 Å². The number of benzene rings is 1. The van der Waals surface area contributed by atoms with Gasteiger partial charge in [0.05, 0.1) is 31.2 Å². The van der Waals surface area contributed by atoms with Crippen LogP contribution in [-0.4, -0.2) is 81.3 Å². The number of aromatic nitrogens is 4. The van der Waals surface area contributed by atoms with Gasteiger partial charge in [-0.2, -0.15) is 5.10 Å². The van der Waals surface area contributed by atoms with Crippen LogP contribution in [0, 0.1) is 13.8 Å². The molecule has 3 heterocycles. The predicted molar refractivity (Wildman–Crippen MR) is 141 cm³/mol. The second-order valence-corrected chi connectivity index (χ2v) is 9.69. The lowest BCUT2D eigenvalue weighted by Gasteiger charge is -2.26. The predicted octanol–water partition coefficient (Wildman–Crippen LogP) is 2.52. The first-order chi connectivity index (χ1) is 18.0. The smallest absolute Gasteiger partial charge is 0.269 e. The summed E-state index contributed by atoms with van der Waals surface area (Å²) in [6, 6.07) is 7.74. The number of ether oxygens (including phenoxy) is 2. The molecular formula is C26H34N6O4S. The van der Waals surface area contributed by atoms with Gasteiger partial charge in [0.25, 0.3) is 5.91 Å². The largest absolute Gasteiger partial charge is 0.491 e. The van der Waals surface area contributed by atoms with Gasteiger partial charge < -0.3 is 24.3 Å². The number of nitrogens with one attached hydrogen (secondary N) is 1. The zero-order valence-electron chi connectivity index (χ0n) is 21.6. The standard InChI is InChI=1S/C26H34N6O4S/c1-4-32-22(16-19(2)29-32)25(34)27-9-13-36-23-7-5-6-21(20(23)3)17-31-10-8-28-26(31)37-18-24(33)30-11-14-35-15-12-30/h5-8,10,16H,4,9,11-15,17-18H2,1-3H3,(H,27,34). The van der Waals surface area contributed by atoms with E-state index in [1.807, 2.05) is 48.6 Å². The van der Waals surface area contributed by atoms with Gasteiger partial charge in [0.1, 0.15) is 18.1 Å². The van der Waals surface area contributed by atoms with E-state index in [9.17, 15) is 9.59 Å². The fourth-order valence-corrected chi connectivity index (χ4v) is 5.00. The lowest BCUT2D eigenvalue weighted by molar-refractivity contribution is -0.132. The van der Waals surface area contributed by atoms with Crippen LogP contribution in [0.2, 0.25) is 0 Å². The molecule has 1 aliphatic heterocycles. The fraction of sp³-hybridized carbons (Fsp3) is 0.462. The normalized spacial score (nSPS) is 13.5. The second kappa shape index (κ2) is 12.8. The highest BCUT2D eigenvalue weighted by Gasteiger charge is 2.18. The molecule has 1 aromatic carbocycles. The summed E-state index contributed by atoms with van der Waals surface area (Å²) in [5, 5.41) is 8.03. The zero-order chi connectivity index (χ0) is 26.2. The Labute approximate surface area is 221 Å². The number of hydrogen-bond donors (Lipinski definition) is 1. The fourth-order valence-electron chi connectivity index (χ4n) is 4.14. The van der Waals surface area contributed by atoms with Crippen LogP contribution in [-0.2, 0) is 22.6 Å². The Morgan fingerprint density at radius 1 is 1.22 bits per heavy atom. The van der Waals surface area contributed by atoms with E-state index in [0.717, 1.165) is 27.7 Å². The molecule has 0 saturated carbocycles. The van der Waals surface area contributed by atoms with Gasteiger partial charge in [-0.05, 0) is 44.0 Å². The van der Waals surface area contributed by atoms with E-state index in [2.05, 4.69) is 21.5 Å². The highest BCUT2D eigenvalue weighted by atomic mass is 32.2. The summed E-state index contributed by atoms with van der Waals surface area (Å²) in [6.45, 7) is 10.3. The summed E-state index contributed by atoms with van der Waals surface area (Å²) in [5.41, 5.74) is 3.50. The summed E-state index contributed by atoms with van der Waals surface area (Å²) in [4.78, 5) is 31.3. The molecule has 1 saturated heterocycles. The summed E-state index contributed by atoms with van der Waals surface area (Å²) in [7, 11) is 0. The monoisotopic (exact) mass is 526 g/mol. The van der Waals surface area contributed by atoms with Crippen molar-refractivity contribution in [2.75, 3.05) is 45.2 Å². The van der Waals surface area contributed by atoms with Gasteiger partial charge in [-0.15, -0.1) is 0 Å². The van der Waals surface area contributed by atoms with E-state index in [4.69, 9.17) is 9.47 Å². The molecule has 198 valence electrons. The molecule has 11 heteroatoms.